The minimum absolute atomic E-state index is 0.0826. The second-order valence-corrected chi connectivity index (χ2v) is 15.0. The molecule has 0 aromatic rings. The van der Waals surface area contributed by atoms with Gasteiger partial charge in [-0.1, -0.05) is 83.3 Å². The number of carbonyl (C=O) groups excluding carboxylic acids is 5. The second kappa shape index (κ2) is 36.7. The van der Waals surface area contributed by atoms with Crippen molar-refractivity contribution in [3.63, 3.8) is 0 Å². The summed E-state index contributed by atoms with van der Waals surface area (Å²) in [5, 5.41) is 5.75. The maximum Gasteiger partial charge on any atom is 0.252 e. The number of primary amides is 1. The Bertz CT molecular complexity index is 1040. The van der Waals surface area contributed by atoms with E-state index in [1.165, 1.54) is 19.3 Å². The molecule has 0 spiro atoms. The molecule has 0 saturated carbocycles. The lowest BCUT2D eigenvalue weighted by atomic mass is 10.0. The Labute approximate surface area is 333 Å². The number of allylic oxidation sites excluding steroid dienone is 2. The molecule has 0 aliphatic heterocycles. The van der Waals surface area contributed by atoms with Gasteiger partial charge in [-0.3, -0.25) is 28.9 Å². The topological polar surface area (TPSA) is 243 Å². The van der Waals surface area contributed by atoms with E-state index < -0.39 is 41.8 Å². The summed E-state index contributed by atoms with van der Waals surface area (Å²) in [6.45, 7) is 4.13. The van der Waals surface area contributed by atoms with Crippen LogP contribution in [-0.2, 0) is 24.0 Å². The van der Waals surface area contributed by atoms with Gasteiger partial charge in [0.05, 0.1) is 0 Å². The Balaban J connectivity index is 5.84. The van der Waals surface area contributed by atoms with E-state index in [4.69, 9.17) is 28.7 Å². The van der Waals surface area contributed by atoms with Crippen LogP contribution in [0.15, 0.2) is 12.2 Å². The fourth-order valence-corrected chi connectivity index (χ4v) is 6.61. The molecule has 0 fully saturated rings. The standard InChI is InChI=1S/C42H82N8O5/c1-2-3-4-5-6-8-11-14-17-29-38(51)48-35(26-19-23-32-44)41(54)49-36(27-20-24-33-45)42(55)50(37(40(47)53)28-21-25-34-46)39(52)30-18-15-12-9-7-10-13-16-22-31-43/h5-6,35-37H,2-4,7-34,43-46H2,1H3,(H2,47,53)(H,48,51)(H,49,54)/b6-5-. The van der Waals surface area contributed by atoms with Crippen molar-refractivity contribution in [1.29, 1.82) is 0 Å². The highest BCUT2D eigenvalue weighted by atomic mass is 16.2. The number of nitrogens with zero attached hydrogens (tertiary/aromatic N) is 1. The van der Waals surface area contributed by atoms with Crippen molar-refractivity contribution in [2.45, 2.75) is 198 Å². The van der Waals surface area contributed by atoms with Crippen molar-refractivity contribution in [1.82, 2.24) is 15.5 Å². The monoisotopic (exact) mass is 779 g/mol. The van der Waals surface area contributed by atoms with Gasteiger partial charge in [-0.2, -0.15) is 0 Å². The van der Waals surface area contributed by atoms with E-state index in [0.29, 0.717) is 83.8 Å². The molecule has 13 nitrogen and oxygen atoms in total. The predicted octanol–water partition coefficient (Wildman–Crippen LogP) is 5.11. The van der Waals surface area contributed by atoms with Gasteiger partial charge >= 0.3 is 0 Å². The van der Waals surface area contributed by atoms with Crippen LogP contribution in [0.2, 0.25) is 0 Å². The van der Waals surface area contributed by atoms with Crippen LogP contribution in [0.5, 0.6) is 0 Å². The molecule has 55 heavy (non-hydrogen) atoms. The summed E-state index contributed by atoms with van der Waals surface area (Å²) in [6, 6.07) is -3.16. The van der Waals surface area contributed by atoms with Gasteiger partial charge in [-0.25, -0.2) is 0 Å². The molecule has 320 valence electrons. The molecule has 3 atom stereocenters. The fourth-order valence-electron chi connectivity index (χ4n) is 6.61. The first-order chi connectivity index (χ1) is 26.7. The number of imide groups is 1. The summed E-state index contributed by atoms with van der Waals surface area (Å²) >= 11 is 0. The van der Waals surface area contributed by atoms with E-state index in [0.717, 1.165) is 82.1 Å². The zero-order valence-electron chi connectivity index (χ0n) is 34.7. The number of hydrogen-bond acceptors (Lipinski definition) is 9. The van der Waals surface area contributed by atoms with Gasteiger partial charge in [0.25, 0.3) is 5.91 Å². The van der Waals surface area contributed by atoms with Gasteiger partial charge < -0.3 is 39.3 Å². The third-order valence-corrected chi connectivity index (χ3v) is 10.00. The maximum absolute atomic E-state index is 14.4. The fraction of sp³-hybridized carbons (Fsp3) is 0.833. The van der Waals surface area contributed by atoms with E-state index in [2.05, 4.69) is 29.7 Å². The minimum atomic E-state index is -1.17. The molecule has 5 amide bonds. The number of hydrogen-bond donors (Lipinski definition) is 7. The summed E-state index contributed by atoms with van der Waals surface area (Å²) in [7, 11) is 0. The molecular weight excluding hydrogens is 697 g/mol. The first-order valence-electron chi connectivity index (χ1n) is 21.9. The molecule has 3 unspecified atom stereocenters. The minimum Gasteiger partial charge on any atom is -0.368 e. The first kappa shape index (κ1) is 52.1. The van der Waals surface area contributed by atoms with Gasteiger partial charge in [0.2, 0.25) is 23.6 Å². The van der Waals surface area contributed by atoms with Crippen LogP contribution in [-0.4, -0.2) is 78.7 Å². The Morgan fingerprint density at radius 3 is 1.53 bits per heavy atom. The van der Waals surface area contributed by atoms with E-state index in [1.807, 2.05) is 0 Å². The molecule has 0 aliphatic rings. The van der Waals surface area contributed by atoms with Crippen molar-refractivity contribution in [3.05, 3.63) is 12.2 Å². The number of unbranched alkanes of at least 4 members (excludes halogenated alkanes) is 16. The van der Waals surface area contributed by atoms with E-state index >= 15 is 0 Å². The molecule has 0 aliphatic carbocycles. The van der Waals surface area contributed by atoms with Gasteiger partial charge in [0, 0.05) is 12.8 Å². The third-order valence-electron chi connectivity index (χ3n) is 10.00. The second-order valence-electron chi connectivity index (χ2n) is 15.0. The van der Waals surface area contributed by atoms with Crippen LogP contribution in [0.25, 0.3) is 0 Å². The SMILES string of the molecule is CCCC/C=C\CCCCCC(=O)NC(CCCCN)C(=O)NC(CCCCN)C(=O)N(C(=O)CCCCCCCCCCCN)C(CCCCN)C(N)=O. The normalized spacial score (nSPS) is 13.0. The first-order valence-corrected chi connectivity index (χ1v) is 21.9. The van der Waals surface area contributed by atoms with Crippen LogP contribution >= 0.6 is 0 Å². The summed E-state index contributed by atoms with van der Waals surface area (Å²) < 4.78 is 0. The van der Waals surface area contributed by atoms with E-state index in [1.54, 1.807) is 0 Å². The lowest BCUT2D eigenvalue weighted by Crippen LogP contribution is -2.59. The zero-order chi connectivity index (χ0) is 40.9. The van der Waals surface area contributed by atoms with Crippen molar-refractivity contribution in [2.24, 2.45) is 28.7 Å². The van der Waals surface area contributed by atoms with E-state index in [-0.39, 0.29) is 25.2 Å². The number of rotatable bonds is 38. The molecule has 0 heterocycles. The van der Waals surface area contributed by atoms with Crippen molar-refractivity contribution >= 4 is 29.5 Å². The average molecular weight is 779 g/mol. The van der Waals surface area contributed by atoms with Crippen molar-refractivity contribution in [3.8, 4) is 0 Å². The molecule has 0 aromatic carbocycles. The smallest absolute Gasteiger partial charge is 0.252 e. The van der Waals surface area contributed by atoms with Crippen LogP contribution in [0.4, 0.5) is 0 Å². The van der Waals surface area contributed by atoms with Gasteiger partial charge in [-0.05, 0) is 122 Å². The molecular formula is C42H82N8O5. The van der Waals surface area contributed by atoms with Crippen LogP contribution in [0, 0.1) is 0 Å². The highest BCUT2D eigenvalue weighted by Crippen LogP contribution is 2.18. The van der Waals surface area contributed by atoms with Crippen LogP contribution < -0.4 is 39.3 Å². The Morgan fingerprint density at radius 2 is 0.982 bits per heavy atom. The highest BCUT2D eigenvalue weighted by molar-refractivity contribution is 6.03. The lowest BCUT2D eigenvalue weighted by Gasteiger charge is -2.32. The Hall–Kier alpha value is -2.87. The Morgan fingerprint density at radius 1 is 0.527 bits per heavy atom. The van der Waals surface area contributed by atoms with Gasteiger partial charge in [0.1, 0.15) is 18.1 Å². The maximum atomic E-state index is 14.4. The summed E-state index contributed by atoms with van der Waals surface area (Å²) in [5.74, 6) is -2.66. The largest absolute Gasteiger partial charge is 0.368 e. The zero-order valence-corrected chi connectivity index (χ0v) is 34.7. The average Bonchev–Trinajstić information content (AvgIpc) is 3.16. The molecule has 0 radical (unpaired) electrons. The van der Waals surface area contributed by atoms with Crippen LogP contribution in [0.1, 0.15) is 180 Å². The number of nitrogens with one attached hydrogen (secondary N) is 2. The third kappa shape index (κ3) is 27.4. The number of amides is 5. The quantitative estimate of drug-likeness (QED) is 0.0325. The summed E-state index contributed by atoms with van der Waals surface area (Å²) in [4.78, 5) is 69.0. The number of carbonyl (C=O) groups is 5. The number of nitrogens with two attached hydrogens (primary N) is 5. The van der Waals surface area contributed by atoms with Crippen LogP contribution in [0.3, 0.4) is 0 Å². The highest BCUT2D eigenvalue weighted by Gasteiger charge is 2.38. The predicted molar refractivity (Wildman–Crippen MR) is 224 cm³/mol. The summed E-state index contributed by atoms with van der Waals surface area (Å²) in [6.07, 6.45) is 25.2. The molecule has 13 heteroatoms. The molecule has 0 rings (SSSR count). The molecule has 12 N–H and O–H groups in total. The Kier molecular flexibility index (Phi) is 34.8. The summed E-state index contributed by atoms with van der Waals surface area (Å²) in [5.41, 5.74) is 28.6. The van der Waals surface area contributed by atoms with Crippen molar-refractivity contribution in [2.75, 3.05) is 26.2 Å². The molecule has 0 aromatic heterocycles. The molecule has 0 saturated heterocycles. The van der Waals surface area contributed by atoms with E-state index in [9.17, 15) is 24.0 Å². The molecule has 0 bridgehead atoms. The lowest BCUT2D eigenvalue weighted by molar-refractivity contribution is -0.154. The van der Waals surface area contributed by atoms with Gasteiger partial charge in [-0.15, -0.1) is 0 Å². The van der Waals surface area contributed by atoms with Crippen molar-refractivity contribution < 1.29 is 24.0 Å². The van der Waals surface area contributed by atoms with Gasteiger partial charge in [0.15, 0.2) is 0 Å².